The van der Waals surface area contributed by atoms with Crippen molar-refractivity contribution in [2.24, 2.45) is 0 Å². The number of hydrogen-bond acceptors (Lipinski definition) is 4. The van der Waals surface area contributed by atoms with Gasteiger partial charge in [0.1, 0.15) is 11.6 Å². The summed E-state index contributed by atoms with van der Waals surface area (Å²) < 4.78 is 12.8. The molecule has 0 saturated heterocycles. The molecule has 0 aliphatic rings. The standard InChI is InChI=1S/C16H13FN4/c17-13-6-7-14(19-10-13)11-20-16-5-1-4-15(21-16)12-3-2-8-18-9-12/h1-10H,11H2,(H,20,21). The highest BCUT2D eigenvalue weighted by molar-refractivity contribution is 5.59. The first-order valence-electron chi connectivity index (χ1n) is 6.53. The van der Waals surface area contributed by atoms with Crippen LogP contribution in [0.25, 0.3) is 11.3 Å². The van der Waals surface area contributed by atoms with Crippen molar-refractivity contribution in [3.8, 4) is 11.3 Å². The molecule has 0 fully saturated rings. The second-order valence-electron chi connectivity index (χ2n) is 4.47. The number of anilines is 1. The van der Waals surface area contributed by atoms with E-state index in [2.05, 4.69) is 20.3 Å². The van der Waals surface area contributed by atoms with Gasteiger partial charge in [-0.25, -0.2) is 9.37 Å². The molecule has 0 aliphatic heterocycles. The van der Waals surface area contributed by atoms with Crippen LogP contribution in [0.5, 0.6) is 0 Å². The van der Waals surface area contributed by atoms with Crippen molar-refractivity contribution in [2.75, 3.05) is 5.32 Å². The van der Waals surface area contributed by atoms with Gasteiger partial charge in [-0.1, -0.05) is 6.07 Å². The van der Waals surface area contributed by atoms with Gasteiger partial charge in [-0.15, -0.1) is 0 Å². The molecule has 4 nitrogen and oxygen atoms in total. The van der Waals surface area contributed by atoms with E-state index in [0.29, 0.717) is 6.54 Å². The minimum atomic E-state index is -0.338. The van der Waals surface area contributed by atoms with Crippen molar-refractivity contribution >= 4 is 5.82 Å². The van der Waals surface area contributed by atoms with E-state index in [9.17, 15) is 4.39 Å². The highest BCUT2D eigenvalue weighted by Gasteiger charge is 2.01. The van der Waals surface area contributed by atoms with Gasteiger partial charge in [0.05, 0.1) is 24.1 Å². The lowest BCUT2D eigenvalue weighted by molar-refractivity contribution is 0.619. The zero-order valence-electron chi connectivity index (χ0n) is 11.2. The Kier molecular flexibility index (Phi) is 3.82. The summed E-state index contributed by atoms with van der Waals surface area (Å²) in [6.45, 7) is 0.490. The molecule has 21 heavy (non-hydrogen) atoms. The van der Waals surface area contributed by atoms with E-state index in [1.54, 1.807) is 18.5 Å². The summed E-state index contributed by atoms with van der Waals surface area (Å²) >= 11 is 0. The van der Waals surface area contributed by atoms with Crippen LogP contribution in [0.3, 0.4) is 0 Å². The van der Waals surface area contributed by atoms with Crippen LogP contribution in [0.2, 0.25) is 0 Å². The third kappa shape index (κ3) is 3.39. The van der Waals surface area contributed by atoms with Gasteiger partial charge >= 0.3 is 0 Å². The molecule has 104 valence electrons. The fourth-order valence-electron chi connectivity index (χ4n) is 1.90. The summed E-state index contributed by atoms with van der Waals surface area (Å²) in [5, 5.41) is 3.17. The number of pyridine rings is 3. The van der Waals surface area contributed by atoms with Crippen molar-refractivity contribution in [3.05, 3.63) is 72.6 Å². The van der Waals surface area contributed by atoms with E-state index in [1.807, 2.05) is 30.3 Å². The molecule has 0 saturated carbocycles. The van der Waals surface area contributed by atoms with E-state index < -0.39 is 0 Å². The zero-order valence-corrected chi connectivity index (χ0v) is 11.2. The first kappa shape index (κ1) is 13.2. The van der Waals surface area contributed by atoms with Crippen LogP contribution >= 0.6 is 0 Å². The predicted octanol–water partition coefficient (Wildman–Crippen LogP) is 3.29. The van der Waals surface area contributed by atoms with E-state index >= 15 is 0 Å². The van der Waals surface area contributed by atoms with Gasteiger partial charge in [-0.2, -0.15) is 0 Å². The third-order valence-corrected chi connectivity index (χ3v) is 2.95. The molecule has 3 rings (SSSR count). The van der Waals surface area contributed by atoms with Crippen molar-refractivity contribution in [3.63, 3.8) is 0 Å². The van der Waals surface area contributed by atoms with Crippen molar-refractivity contribution in [1.82, 2.24) is 15.0 Å². The lowest BCUT2D eigenvalue weighted by Crippen LogP contribution is -2.03. The summed E-state index contributed by atoms with van der Waals surface area (Å²) in [4.78, 5) is 12.6. The normalized spacial score (nSPS) is 10.3. The molecule has 0 bridgehead atoms. The Balaban J connectivity index is 1.73. The van der Waals surface area contributed by atoms with Crippen LogP contribution in [0, 0.1) is 5.82 Å². The first-order chi connectivity index (χ1) is 10.3. The maximum Gasteiger partial charge on any atom is 0.141 e. The summed E-state index contributed by atoms with van der Waals surface area (Å²) in [5.41, 5.74) is 2.56. The molecule has 1 N–H and O–H groups in total. The molecule has 0 unspecified atom stereocenters. The lowest BCUT2D eigenvalue weighted by atomic mass is 10.2. The molecule has 3 heterocycles. The number of aromatic nitrogens is 3. The zero-order chi connectivity index (χ0) is 14.5. The predicted molar refractivity (Wildman–Crippen MR) is 79.0 cm³/mol. The maximum absolute atomic E-state index is 12.8. The highest BCUT2D eigenvalue weighted by atomic mass is 19.1. The Hall–Kier alpha value is -2.82. The third-order valence-electron chi connectivity index (χ3n) is 2.95. The molecule has 5 heteroatoms. The lowest BCUT2D eigenvalue weighted by Gasteiger charge is -2.07. The quantitative estimate of drug-likeness (QED) is 0.796. The Morgan fingerprint density at radius 1 is 1.00 bits per heavy atom. The molecule has 0 aliphatic carbocycles. The average Bonchev–Trinajstić information content (AvgIpc) is 2.55. The van der Waals surface area contributed by atoms with Gasteiger partial charge < -0.3 is 5.32 Å². The minimum Gasteiger partial charge on any atom is -0.364 e. The Morgan fingerprint density at radius 3 is 2.71 bits per heavy atom. The molecule has 0 amide bonds. The first-order valence-corrected chi connectivity index (χ1v) is 6.53. The second-order valence-corrected chi connectivity index (χ2v) is 4.47. The average molecular weight is 280 g/mol. The molecule has 0 atom stereocenters. The monoisotopic (exact) mass is 280 g/mol. The van der Waals surface area contributed by atoms with Gasteiger partial charge in [0.25, 0.3) is 0 Å². The largest absolute Gasteiger partial charge is 0.364 e. The van der Waals surface area contributed by atoms with Crippen LogP contribution in [-0.4, -0.2) is 15.0 Å². The SMILES string of the molecule is Fc1ccc(CNc2cccc(-c3cccnc3)n2)nc1. The maximum atomic E-state index is 12.8. The van der Waals surface area contributed by atoms with Gasteiger partial charge in [0, 0.05) is 18.0 Å². The second kappa shape index (κ2) is 6.09. The summed E-state index contributed by atoms with van der Waals surface area (Å²) in [7, 11) is 0. The topological polar surface area (TPSA) is 50.7 Å². The number of nitrogens with one attached hydrogen (secondary N) is 1. The fourth-order valence-corrected chi connectivity index (χ4v) is 1.90. The molecule has 0 spiro atoms. The van der Waals surface area contributed by atoms with Gasteiger partial charge in [0.15, 0.2) is 0 Å². The Morgan fingerprint density at radius 2 is 1.95 bits per heavy atom. The number of rotatable bonds is 4. The molecular formula is C16H13FN4. The van der Waals surface area contributed by atoms with Crippen LogP contribution in [-0.2, 0) is 6.54 Å². The smallest absolute Gasteiger partial charge is 0.141 e. The van der Waals surface area contributed by atoms with Crippen molar-refractivity contribution < 1.29 is 4.39 Å². The summed E-state index contributed by atoms with van der Waals surface area (Å²) in [5.74, 6) is 0.401. The highest BCUT2D eigenvalue weighted by Crippen LogP contribution is 2.17. The number of hydrogen-bond donors (Lipinski definition) is 1. The van der Waals surface area contributed by atoms with Gasteiger partial charge in [-0.05, 0) is 36.4 Å². The number of nitrogens with zero attached hydrogens (tertiary/aromatic N) is 3. The molecule has 0 aromatic carbocycles. The molecule has 3 aromatic heterocycles. The fraction of sp³-hybridized carbons (Fsp3) is 0.0625. The van der Waals surface area contributed by atoms with Crippen LogP contribution < -0.4 is 5.32 Å². The number of halogens is 1. The van der Waals surface area contributed by atoms with Crippen molar-refractivity contribution in [2.45, 2.75) is 6.54 Å². The van der Waals surface area contributed by atoms with E-state index in [4.69, 9.17) is 0 Å². The van der Waals surface area contributed by atoms with E-state index in [-0.39, 0.29) is 5.82 Å². The molecule has 0 radical (unpaired) electrons. The summed E-state index contributed by atoms with van der Waals surface area (Å²) in [6, 6.07) is 12.6. The van der Waals surface area contributed by atoms with Gasteiger partial charge in [-0.3, -0.25) is 9.97 Å². The van der Waals surface area contributed by atoms with Gasteiger partial charge in [0.2, 0.25) is 0 Å². The Labute approximate surface area is 121 Å². The van der Waals surface area contributed by atoms with Crippen LogP contribution in [0.15, 0.2) is 61.1 Å². The molecular weight excluding hydrogens is 267 g/mol. The van der Waals surface area contributed by atoms with E-state index in [1.165, 1.54) is 12.3 Å². The van der Waals surface area contributed by atoms with E-state index in [0.717, 1.165) is 22.8 Å². The Bertz CT molecular complexity index is 714. The minimum absolute atomic E-state index is 0.338. The summed E-state index contributed by atoms with van der Waals surface area (Å²) in [6.07, 6.45) is 4.70. The molecule has 3 aromatic rings. The van der Waals surface area contributed by atoms with Crippen molar-refractivity contribution in [1.29, 1.82) is 0 Å². The van der Waals surface area contributed by atoms with Crippen LogP contribution in [0.1, 0.15) is 5.69 Å². The van der Waals surface area contributed by atoms with Crippen LogP contribution in [0.4, 0.5) is 10.2 Å².